The molecule has 4 unspecified atom stereocenters. The van der Waals surface area contributed by atoms with E-state index in [0.717, 1.165) is 6.07 Å². The molecule has 3 heterocycles. The third-order valence-electron chi connectivity index (χ3n) is 4.73. The van der Waals surface area contributed by atoms with Crippen LogP contribution >= 0.6 is 0 Å². The van der Waals surface area contributed by atoms with E-state index < -0.39 is 46.3 Å². The summed E-state index contributed by atoms with van der Waals surface area (Å²) in [7, 11) is 0. The molecular formula is C16H12N2O7. The van der Waals surface area contributed by atoms with Gasteiger partial charge in [-0.25, -0.2) is 0 Å². The van der Waals surface area contributed by atoms with Gasteiger partial charge in [-0.05, 0) is 6.07 Å². The first-order valence-electron chi connectivity index (χ1n) is 7.57. The van der Waals surface area contributed by atoms with E-state index in [1.807, 2.05) is 0 Å². The van der Waals surface area contributed by atoms with Crippen molar-refractivity contribution in [2.45, 2.75) is 11.7 Å². The van der Waals surface area contributed by atoms with Gasteiger partial charge in [0, 0.05) is 17.7 Å². The molecule has 9 heteroatoms. The highest BCUT2D eigenvalue weighted by Crippen LogP contribution is 2.50. The lowest BCUT2D eigenvalue weighted by Crippen LogP contribution is -2.47. The normalized spacial score (nSPS) is 31.8. The first-order valence-corrected chi connectivity index (χ1v) is 7.57. The van der Waals surface area contributed by atoms with E-state index in [-0.39, 0.29) is 17.8 Å². The lowest BCUT2D eigenvalue weighted by Gasteiger charge is -2.27. The Morgan fingerprint density at radius 3 is 2.88 bits per heavy atom. The summed E-state index contributed by atoms with van der Waals surface area (Å²) in [5.41, 5.74) is -1.22. The van der Waals surface area contributed by atoms with Crippen molar-refractivity contribution >= 4 is 23.5 Å². The van der Waals surface area contributed by atoms with Crippen LogP contribution in [0.15, 0.2) is 36.4 Å². The summed E-state index contributed by atoms with van der Waals surface area (Å²) in [6, 6.07) is 5.29. The average molecular weight is 344 g/mol. The number of nitrogens with zero attached hydrogens (tertiary/aromatic N) is 1. The van der Waals surface area contributed by atoms with Gasteiger partial charge in [-0.2, -0.15) is 0 Å². The second kappa shape index (κ2) is 5.21. The van der Waals surface area contributed by atoms with Gasteiger partial charge in [0.1, 0.15) is 17.4 Å². The van der Waals surface area contributed by atoms with Crippen molar-refractivity contribution in [2.24, 2.45) is 11.8 Å². The molecule has 2 bridgehead atoms. The molecule has 1 amide bonds. The van der Waals surface area contributed by atoms with Gasteiger partial charge in [-0.1, -0.05) is 18.2 Å². The maximum absolute atomic E-state index is 12.3. The van der Waals surface area contributed by atoms with Crippen LogP contribution in [-0.4, -0.2) is 41.0 Å². The number of carbonyl (C=O) groups is 3. The van der Waals surface area contributed by atoms with Gasteiger partial charge in [-0.3, -0.25) is 24.5 Å². The maximum Gasteiger partial charge on any atom is 0.320 e. The molecule has 0 aromatic heterocycles. The molecule has 0 spiro atoms. The highest BCUT2D eigenvalue weighted by Gasteiger charge is 2.66. The SMILES string of the molecule is O=C(NCC12C=CC(O1)C1C(=O)OC(=O)C12)c1cccc([N+](=O)[O-])c1. The number of nitro benzene ring substituents is 1. The molecule has 0 radical (unpaired) electrons. The fraction of sp³-hybridized carbons (Fsp3) is 0.312. The van der Waals surface area contributed by atoms with E-state index in [1.54, 1.807) is 12.2 Å². The maximum atomic E-state index is 12.3. The number of ether oxygens (including phenoxy) is 2. The molecule has 3 aliphatic rings. The number of cyclic esters (lactones) is 2. The second-order valence-electron chi connectivity index (χ2n) is 6.13. The van der Waals surface area contributed by atoms with E-state index >= 15 is 0 Å². The number of hydrogen-bond acceptors (Lipinski definition) is 7. The number of non-ortho nitro benzene ring substituents is 1. The number of benzene rings is 1. The minimum Gasteiger partial charge on any atom is -0.393 e. The molecule has 2 saturated heterocycles. The molecule has 1 N–H and O–H groups in total. The Hall–Kier alpha value is -3.07. The van der Waals surface area contributed by atoms with Gasteiger partial charge in [0.05, 0.1) is 17.6 Å². The van der Waals surface area contributed by atoms with Crippen LogP contribution in [0, 0.1) is 22.0 Å². The molecule has 25 heavy (non-hydrogen) atoms. The molecule has 0 aliphatic carbocycles. The first-order chi connectivity index (χ1) is 11.9. The summed E-state index contributed by atoms with van der Waals surface area (Å²) in [5.74, 6) is -3.30. The summed E-state index contributed by atoms with van der Waals surface area (Å²) in [6.07, 6.45) is 2.80. The van der Waals surface area contributed by atoms with Crippen LogP contribution in [0.2, 0.25) is 0 Å². The first kappa shape index (κ1) is 15.5. The third-order valence-corrected chi connectivity index (χ3v) is 4.73. The molecule has 0 saturated carbocycles. The van der Waals surface area contributed by atoms with Crippen molar-refractivity contribution in [1.29, 1.82) is 0 Å². The number of hydrogen-bond donors (Lipinski definition) is 1. The van der Waals surface area contributed by atoms with E-state index in [0.29, 0.717) is 0 Å². The number of amides is 1. The fourth-order valence-electron chi connectivity index (χ4n) is 3.59. The molecule has 4 rings (SSSR count). The minimum absolute atomic E-state index is 0.0505. The molecule has 1 aromatic rings. The zero-order valence-corrected chi connectivity index (χ0v) is 12.7. The van der Waals surface area contributed by atoms with Crippen LogP contribution in [0.25, 0.3) is 0 Å². The Balaban J connectivity index is 1.52. The average Bonchev–Trinajstić information content (AvgIpc) is 3.24. The van der Waals surface area contributed by atoms with Gasteiger partial charge >= 0.3 is 11.9 Å². The number of nitro groups is 1. The zero-order valence-electron chi connectivity index (χ0n) is 12.7. The topological polar surface area (TPSA) is 125 Å². The van der Waals surface area contributed by atoms with Crippen LogP contribution < -0.4 is 5.32 Å². The van der Waals surface area contributed by atoms with Gasteiger partial charge in [0.15, 0.2) is 0 Å². The van der Waals surface area contributed by atoms with Gasteiger partial charge in [0.25, 0.3) is 11.6 Å². The van der Waals surface area contributed by atoms with Crippen LogP contribution in [0.3, 0.4) is 0 Å². The van der Waals surface area contributed by atoms with Crippen molar-refractivity contribution in [3.05, 3.63) is 52.1 Å². The molecule has 1 aromatic carbocycles. The third kappa shape index (κ3) is 2.23. The Labute approximate surface area is 140 Å². The summed E-state index contributed by atoms with van der Waals surface area (Å²) in [5, 5.41) is 13.4. The van der Waals surface area contributed by atoms with E-state index in [2.05, 4.69) is 10.1 Å². The number of carbonyl (C=O) groups excluding carboxylic acids is 3. The van der Waals surface area contributed by atoms with E-state index in [4.69, 9.17) is 4.74 Å². The number of nitrogens with one attached hydrogen (secondary N) is 1. The summed E-state index contributed by atoms with van der Waals surface area (Å²) >= 11 is 0. The zero-order chi connectivity index (χ0) is 17.8. The summed E-state index contributed by atoms with van der Waals surface area (Å²) in [6.45, 7) is -0.0505. The Morgan fingerprint density at radius 1 is 1.32 bits per heavy atom. The van der Waals surface area contributed by atoms with Crippen molar-refractivity contribution in [2.75, 3.05) is 6.54 Å². The van der Waals surface area contributed by atoms with Crippen LogP contribution in [-0.2, 0) is 19.1 Å². The monoisotopic (exact) mass is 344 g/mol. The highest BCUT2D eigenvalue weighted by atomic mass is 16.6. The molecule has 4 atom stereocenters. The summed E-state index contributed by atoms with van der Waals surface area (Å²) in [4.78, 5) is 46.2. The highest BCUT2D eigenvalue weighted by molar-refractivity contribution is 5.99. The molecule has 3 aliphatic heterocycles. The largest absolute Gasteiger partial charge is 0.393 e. The molecule has 9 nitrogen and oxygen atoms in total. The van der Waals surface area contributed by atoms with Crippen molar-refractivity contribution in [3.63, 3.8) is 0 Å². The Bertz CT molecular complexity index is 849. The van der Waals surface area contributed by atoms with Crippen molar-refractivity contribution in [1.82, 2.24) is 5.32 Å². The van der Waals surface area contributed by atoms with Crippen molar-refractivity contribution in [3.8, 4) is 0 Å². The number of rotatable bonds is 4. The van der Waals surface area contributed by atoms with Crippen molar-refractivity contribution < 1.29 is 28.8 Å². The van der Waals surface area contributed by atoms with Crippen LogP contribution in [0.1, 0.15) is 10.4 Å². The van der Waals surface area contributed by atoms with Crippen LogP contribution in [0.5, 0.6) is 0 Å². The smallest absolute Gasteiger partial charge is 0.320 e. The predicted molar refractivity (Wildman–Crippen MR) is 80.3 cm³/mol. The minimum atomic E-state index is -1.13. The van der Waals surface area contributed by atoms with Gasteiger partial charge < -0.3 is 14.8 Å². The predicted octanol–water partition coefficient (Wildman–Crippen LogP) is 0.348. The number of esters is 2. The second-order valence-corrected chi connectivity index (χ2v) is 6.13. The quantitative estimate of drug-likeness (QED) is 0.275. The summed E-state index contributed by atoms with van der Waals surface area (Å²) < 4.78 is 10.4. The van der Waals surface area contributed by atoms with E-state index in [1.165, 1.54) is 18.2 Å². The van der Waals surface area contributed by atoms with Gasteiger partial charge in [-0.15, -0.1) is 0 Å². The fourth-order valence-corrected chi connectivity index (χ4v) is 3.59. The molecule has 128 valence electrons. The Morgan fingerprint density at radius 2 is 2.12 bits per heavy atom. The standard InChI is InChI=1S/C16H12N2O7/c19-13(8-2-1-3-9(6-8)18(22)23)17-7-16-5-4-10(25-16)11-12(16)15(21)24-14(11)20/h1-6,10-12H,7H2,(H,17,19). The number of fused-ring (bicyclic) bond motifs is 5. The lowest BCUT2D eigenvalue weighted by molar-refractivity contribution is -0.384. The lowest BCUT2D eigenvalue weighted by atomic mass is 9.77. The van der Waals surface area contributed by atoms with E-state index in [9.17, 15) is 24.5 Å². The Kier molecular flexibility index (Phi) is 3.22. The van der Waals surface area contributed by atoms with Crippen LogP contribution in [0.4, 0.5) is 5.69 Å². The molecular weight excluding hydrogens is 332 g/mol. The van der Waals surface area contributed by atoms with Gasteiger partial charge in [0.2, 0.25) is 0 Å². The molecule has 2 fully saturated rings.